The second-order valence-electron chi connectivity index (χ2n) is 8.76. The summed E-state index contributed by atoms with van der Waals surface area (Å²) in [6.07, 6.45) is 25.6. The molecule has 0 aliphatic carbocycles. The van der Waals surface area contributed by atoms with Gasteiger partial charge in [0.05, 0.1) is 13.2 Å². The van der Waals surface area contributed by atoms with Crippen molar-refractivity contribution in [3.05, 3.63) is 0 Å². The first-order chi connectivity index (χ1) is 14.3. The predicted octanol–water partition coefficient (Wildman–Crippen LogP) is 7.83. The second kappa shape index (κ2) is 25.9. The topological polar surface area (TPSA) is 38.7 Å². The van der Waals surface area contributed by atoms with Crippen LogP contribution in [0.3, 0.4) is 0 Å². The average Bonchev–Trinajstić information content (AvgIpc) is 2.74. The highest BCUT2D eigenvalue weighted by Gasteiger charge is 2.07. The molecule has 0 bridgehead atoms. The summed E-state index contributed by atoms with van der Waals surface area (Å²) in [6.45, 7) is 6.60. The standard InChI is InChI=1S/C26H54O3/c1-3-5-7-8-9-10-11-12-13-14-15-16-17-18-19-21-22-28-25-26(24-27)29-23-20-6-4-2/h26-27H,3-25H2,1-2H3/t26-/m0/s1. The number of hydrogen-bond acceptors (Lipinski definition) is 3. The van der Waals surface area contributed by atoms with E-state index in [0.29, 0.717) is 6.61 Å². The first kappa shape index (κ1) is 28.9. The van der Waals surface area contributed by atoms with Crippen LogP contribution in [0.2, 0.25) is 0 Å². The van der Waals surface area contributed by atoms with Gasteiger partial charge in [-0.25, -0.2) is 0 Å². The largest absolute Gasteiger partial charge is 0.394 e. The molecule has 3 nitrogen and oxygen atoms in total. The third-order valence-electron chi connectivity index (χ3n) is 5.75. The van der Waals surface area contributed by atoms with Crippen molar-refractivity contribution in [2.75, 3.05) is 26.4 Å². The van der Waals surface area contributed by atoms with E-state index in [1.807, 2.05) is 0 Å². The van der Waals surface area contributed by atoms with Crippen LogP contribution in [0.5, 0.6) is 0 Å². The third kappa shape index (κ3) is 24.0. The lowest BCUT2D eigenvalue weighted by atomic mass is 10.0. The van der Waals surface area contributed by atoms with E-state index in [1.54, 1.807) is 0 Å². The SMILES string of the molecule is CCCCCCCCCCCCCCCCCCOC[C@H](CO)OCCCCC. The van der Waals surface area contributed by atoms with Crippen molar-refractivity contribution in [1.29, 1.82) is 0 Å². The molecule has 1 atom stereocenters. The molecular formula is C26H54O3. The lowest BCUT2D eigenvalue weighted by Crippen LogP contribution is -2.24. The molecule has 29 heavy (non-hydrogen) atoms. The average molecular weight is 415 g/mol. The first-order valence-electron chi connectivity index (χ1n) is 13.1. The molecule has 0 saturated carbocycles. The zero-order valence-corrected chi connectivity index (χ0v) is 20.1. The highest BCUT2D eigenvalue weighted by molar-refractivity contribution is 4.55. The number of hydrogen-bond donors (Lipinski definition) is 1. The Morgan fingerprint density at radius 2 is 0.897 bits per heavy atom. The fourth-order valence-corrected chi connectivity index (χ4v) is 3.72. The highest BCUT2D eigenvalue weighted by Crippen LogP contribution is 2.13. The summed E-state index contributed by atoms with van der Waals surface area (Å²) in [5, 5.41) is 9.32. The molecule has 3 heteroatoms. The smallest absolute Gasteiger partial charge is 0.104 e. The third-order valence-corrected chi connectivity index (χ3v) is 5.75. The minimum absolute atomic E-state index is 0.0606. The molecule has 1 N–H and O–H groups in total. The van der Waals surface area contributed by atoms with Crippen LogP contribution in [-0.2, 0) is 9.47 Å². The van der Waals surface area contributed by atoms with Crippen LogP contribution >= 0.6 is 0 Å². The summed E-state index contributed by atoms with van der Waals surface area (Å²) in [5.41, 5.74) is 0. The van der Waals surface area contributed by atoms with Crippen molar-refractivity contribution in [3.63, 3.8) is 0 Å². The van der Waals surface area contributed by atoms with E-state index in [2.05, 4.69) is 13.8 Å². The number of rotatable bonds is 25. The summed E-state index contributed by atoms with van der Waals surface area (Å²) in [7, 11) is 0. The second-order valence-corrected chi connectivity index (χ2v) is 8.76. The van der Waals surface area contributed by atoms with E-state index < -0.39 is 0 Å². The number of unbranched alkanes of at least 4 members (excludes halogenated alkanes) is 17. The number of ether oxygens (including phenoxy) is 2. The minimum atomic E-state index is -0.145. The molecule has 0 heterocycles. The molecule has 0 rings (SSSR count). The van der Waals surface area contributed by atoms with Crippen molar-refractivity contribution in [2.45, 2.75) is 142 Å². The molecular weight excluding hydrogens is 360 g/mol. The zero-order chi connectivity index (χ0) is 21.3. The van der Waals surface area contributed by atoms with E-state index in [9.17, 15) is 5.11 Å². The van der Waals surface area contributed by atoms with Crippen molar-refractivity contribution in [1.82, 2.24) is 0 Å². The molecule has 0 amide bonds. The van der Waals surface area contributed by atoms with E-state index in [-0.39, 0.29) is 12.7 Å². The summed E-state index contributed by atoms with van der Waals surface area (Å²) >= 11 is 0. The molecule has 176 valence electrons. The van der Waals surface area contributed by atoms with Gasteiger partial charge in [-0.05, 0) is 12.8 Å². The molecule has 0 spiro atoms. The van der Waals surface area contributed by atoms with E-state index >= 15 is 0 Å². The van der Waals surface area contributed by atoms with Crippen LogP contribution in [-0.4, -0.2) is 37.6 Å². The van der Waals surface area contributed by atoms with Gasteiger partial charge in [-0.15, -0.1) is 0 Å². The molecule has 0 aromatic rings. The zero-order valence-electron chi connectivity index (χ0n) is 20.1. The monoisotopic (exact) mass is 414 g/mol. The Morgan fingerprint density at radius 1 is 0.517 bits per heavy atom. The maximum absolute atomic E-state index is 9.32. The summed E-state index contributed by atoms with van der Waals surface area (Å²) in [6, 6.07) is 0. The van der Waals surface area contributed by atoms with Gasteiger partial charge in [-0.1, -0.05) is 123 Å². The Bertz CT molecular complexity index is 283. The molecule has 0 aromatic carbocycles. The van der Waals surface area contributed by atoms with E-state index in [4.69, 9.17) is 9.47 Å². The van der Waals surface area contributed by atoms with Gasteiger partial charge in [0, 0.05) is 13.2 Å². The van der Waals surface area contributed by atoms with Crippen LogP contribution < -0.4 is 0 Å². The molecule has 0 aliphatic heterocycles. The number of aliphatic hydroxyl groups is 1. The lowest BCUT2D eigenvalue weighted by Gasteiger charge is -2.15. The molecule has 0 fully saturated rings. The van der Waals surface area contributed by atoms with Crippen molar-refractivity contribution >= 4 is 0 Å². The Kier molecular flexibility index (Phi) is 25.8. The van der Waals surface area contributed by atoms with Gasteiger partial charge < -0.3 is 14.6 Å². The van der Waals surface area contributed by atoms with Crippen LogP contribution in [0, 0.1) is 0 Å². The van der Waals surface area contributed by atoms with Crippen LogP contribution in [0.1, 0.15) is 136 Å². The Morgan fingerprint density at radius 3 is 1.34 bits per heavy atom. The van der Waals surface area contributed by atoms with Crippen LogP contribution in [0.25, 0.3) is 0 Å². The number of aliphatic hydroxyl groups excluding tert-OH is 1. The highest BCUT2D eigenvalue weighted by atomic mass is 16.5. The van der Waals surface area contributed by atoms with Crippen molar-refractivity contribution in [3.8, 4) is 0 Å². The first-order valence-corrected chi connectivity index (χ1v) is 13.1. The fraction of sp³-hybridized carbons (Fsp3) is 1.00. The van der Waals surface area contributed by atoms with Gasteiger partial charge in [0.1, 0.15) is 6.10 Å². The molecule has 0 aromatic heterocycles. The maximum atomic E-state index is 9.32. The van der Waals surface area contributed by atoms with Crippen molar-refractivity contribution < 1.29 is 14.6 Å². The van der Waals surface area contributed by atoms with Gasteiger partial charge >= 0.3 is 0 Å². The normalized spacial score (nSPS) is 12.5. The fourth-order valence-electron chi connectivity index (χ4n) is 3.72. The summed E-state index contributed by atoms with van der Waals surface area (Å²) in [5.74, 6) is 0. The predicted molar refractivity (Wildman–Crippen MR) is 127 cm³/mol. The van der Waals surface area contributed by atoms with Gasteiger partial charge in [0.2, 0.25) is 0 Å². The Labute approximate surface area is 183 Å². The van der Waals surface area contributed by atoms with Gasteiger partial charge in [-0.2, -0.15) is 0 Å². The van der Waals surface area contributed by atoms with Crippen LogP contribution in [0.4, 0.5) is 0 Å². The Hall–Kier alpha value is -0.120. The molecule has 0 unspecified atom stereocenters. The van der Waals surface area contributed by atoms with E-state index in [0.717, 1.165) is 26.1 Å². The summed E-state index contributed by atoms with van der Waals surface area (Å²) < 4.78 is 11.3. The molecule has 0 aliphatic rings. The van der Waals surface area contributed by atoms with Gasteiger partial charge in [0.15, 0.2) is 0 Å². The van der Waals surface area contributed by atoms with Crippen LogP contribution in [0.15, 0.2) is 0 Å². The van der Waals surface area contributed by atoms with E-state index in [1.165, 1.54) is 109 Å². The lowest BCUT2D eigenvalue weighted by molar-refractivity contribution is -0.0437. The molecule has 0 radical (unpaired) electrons. The van der Waals surface area contributed by atoms with Gasteiger partial charge in [0.25, 0.3) is 0 Å². The van der Waals surface area contributed by atoms with Crippen molar-refractivity contribution in [2.24, 2.45) is 0 Å². The quantitative estimate of drug-likeness (QED) is 0.155. The molecule has 0 saturated heterocycles. The maximum Gasteiger partial charge on any atom is 0.104 e. The van der Waals surface area contributed by atoms with Gasteiger partial charge in [-0.3, -0.25) is 0 Å². The Balaban J connectivity index is 3.16. The summed E-state index contributed by atoms with van der Waals surface area (Å²) in [4.78, 5) is 0. The minimum Gasteiger partial charge on any atom is -0.394 e.